The fourth-order valence-corrected chi connectivity index (χ4v) is 2.50. The number of methoxy groups -OCH3 is 1. The molecule has 2 aromatic rings. The fourth-order valence-electron chi connectivity index (χ4n) is 2.50. The molecule has 0 unspecified atom stereocenters. The molecule has 4 nitrogen and oxygen atoms in total. The molecule has 2 rings (SSSR count). The van der Waals surface area contributed by atoms with Gasteiger partial charge in [0.15, 0.2) is 0 Å². The Bertz CT molecular complexity index is 658. The maximum Gasteiger partial charge on any atom is 0.341 e. The Hall–Kier alpha value is -2.23. The molecule has 1 aromatic heterocycles. The van der Waals surface area contributed by atoms with Crippen LogP contribution in [0.1, 0.15) is 32.6 Å². The predicted molar refractivity (Wildman–Crippen MR) is 80.9 cm³/mol. The molecule has 0 amide bonds. The number of hydrogen-bond acceptors (Lipinski definition) is 3. The van der Waals surface area contributed by atoms with E-state index in [0.29, 0.717) is 11.4 Å². The van der Waals surface area contributed by atoms with Gasteiger partial charge >= 0.3 is 5.97 Å². The number of nitrogens with one attached hydrogen (secondary N) is 1. The van der Waals surface area contributed by atoms with Crippen LogP contribution in [0.5, 0.6) is 0 Å². The van der Waals surface area contributed by atoms with Crippen molar-refractivity contribution in [3.05, 3.63) is 39.9 Å². The lowest BCUT2D eigenvalue weighted by atomic mass is 9.92. The summed E-state index contributed by atoms with van der Waals surface area (Å²) in [5, 5.41) is 0. The number of ether oxygens (including phenoxy) is 1. The van der Waals surface area contributed by atoms with E-state index in [-0.39, 0.29) is 0 Å². The first-order chi connectivity index (χ1) is 9.36. The van der Waals surface area contributed by atoms with Crippen molar-refractivity contribution in [2.75, 3.05) is 12.8 Å². The molecule has 3 N–H and O–H groups in total. The van der Waals surface area contributed by atoms with Gasteiger partial charge in [-0.05, 0) is 56.0 Å². The Kier molecular flexibility index (Phi) is 3.57. The molecule has 20 heavy (non-hydrogen) atoms. The van der Waals surface area contributed by atoms with Crippen LogP contribution < -0.4 is 5.73 Å². The van der Waals surface area contributed by atoms with E-state index in [2.05, 4.69) is 38.7 Å². The van der Waals surface area contributed by atoms with Crippen LogP contribution in [0.25, 0.3) is 11.3 Å². The lowest BCUT2D eigenvalue weighted by Crippen LogP contribution is -2.02. The van der Waals surface area contributed by atoms with E-state index in [4.69, 9.17) is 10.5 Å². The van der Waals surface area contributed by atoms with Crippen LogP contribution in [0.4, 0.5) is 5.82 Å². The average Bonchev–Trinajstić information content (AvgIpc) is 2.78. The summed E-state index contributed by atoms with van der Waals surface area (Å²) < 4.78 is 4.74. The van der Waals surface area contributed by atoms with Crippen LogP contribution in [0.2, 0.25) is 0 Å². The van der Waals surface area contributed by atoms with Gasteiger partial charge in [0.25, 0.3) is 0 Å². The summed E-state index contributed by atoms with van der Waals surface area (Å²) in [6, 6.07) is 3.93. The van der Waals surface area contributed by atoms with Gasteiger partial charge in [0.2, 0.25) is 0 Å². The fraction of sp³-hybridized carbons (Fsp3) is 0.312. The summed E-state index contributed by atoms with van der Waals surface area (Å²) in [6.07, 6.45) is 0. The largest absolute Gasteiger partial charge is 0.465 e. The van der Waals surface area contributed by atoms with E-state index in [1.54, 1.807) is 6.07 Å². The van der Waals surface area contributed by atoms with E-state index in [1.165, 1.54) is 29.4 Å². The normalized spacial score (nSPS) is 10.7. The van der Waals surface area contributed by atoms with Crippen LogP contribution in [0, 0.1) is 27.7 Å². The lowest BCUT2D eigenvalue weighted by molar-refractivity contribution is 0.0602. The average molecular weight is 272 g/mol. The van der Waals surface area contributed by atoms with Crippen molar-refractivity contribution in [2.24, 2.45) is 0 Å². The number of aromatic nitrogens is 1. The molecule has 106 valence electrons. The molecular weight excluding hydrogens is 252 g/mol. The van der Waals surface area contributed by atoms with E-state index >= 15 is 0 Å². The number of rotatable bonds is 2. The van der Waals surface area contributed by atoms with Crippen molar-refractivity contribution >= 4 is 11.8 Å². The minimum atomic E-state index is -0.426. The van der Waals surface area contributed by atoms with Crippen molar-refractivity contribution in [3.63, 3.8) is 0 Å². The van der Waals surface area contributed by atoms with Gasteiger partial charge in [-0.2, -0.15) is 0 Å². The first-order valence-corrected chi connectivity index (χ1v) is 6.51. The maximum absolute atomic E-state index is 11.7. The highest BCUT2D eigenvalue weighted by Gasteiger charge is 2.18. The van der Waals surface area contributed by atoms with Crippen LogP contribution >= 0.6 is 0 Å². The van der Waals surface area contributed by atoms with Crippen molar-refractivity contribution in [3.8, 4) is 11.3 Å². The molecule has 0 bridgehead atoms. The van der Waals surface area contributed by atoms with Crippen LogP contribution in [0.15, 0.2) is 12.1 Å². The van der Waals surface area contributed by atoms with Gasteiger partial charge in [0.1, 0.15) is 11.4 Å². The van der Waals surface area contributed by atoms with Gasteiger partial charge in [-0.1, -0.05) is 6.07 Å². The Morgan fingerprint density at radius 3 is 2.15 bits per heavy atom. The van der Waals surface area contributed by atoms with Crippen LogP contribution in [-0.2, 0) is 4.74 Å². The second-order valence-electron chi connectivity index (χ2n) is 5.14. The minimum Gasteiger partial charge on any atom is -0.465 e. The predicted octanol–water partition coefficient (Wildman–Crippen LogP) is 3.28. The number of anilines is 1. The summed E-state index contributed by atoms with van der Waals surface area (Å²) in [5.74, 6) is -0.0884. The Labute approximate surface area is 119 Å². The van der Waals surface area contributed by atoms with Gasteiger partial charge in [-0.25, -0.2) is 4.79 Å². The third-order valence-electron chi connectivity index (χ3n) is 3.89. The van der Waals surface area contributed by atoms with Gasteiger partial charge in [-0.15, -0.1) is 0 Å². The van der Waals surface area contributed by atoms with Gasteiger partial charge in [0, 0.05) is 11.3 Å². The molecule has 0 aliphatic rings. The minimum absolute atomic E-state index is 0.338. The number of H-pyrrole nitrogens is 1. The van der Waals surface area contributed by atoms with Crippen LogP contribution in [0.3, 0.4) is 0 Å². The number of esters is 1. The highest BCUT2D eigenvalue weighted by Crippen LogP contribution is 2.32. The molecule has 0 spiro atoms. The van der Waals surface area contributed by atoms with E-state index in [9.17, 15) is 4.79 Å². The van der Waals surface area contributed by atoms with Gasteiger partial charge < -0.3 is 15.5 Å². The first-order valence-electron chi connectivity index (χ1n) is 6.51. The number of aromatic amines is 1. The summed E-state index contributed by atoms with van der Waals surface area (Å²) >= 11 is 0. The Balaban J connectivity index is 2.67. The molecule has 0 saturated heterocycles. The molecule has 1 aromatic carbocycles. The van der Waals surface area contributed by atoms with Gasteiger partial charge in [-0.3, -0.25) is 0 Å². The monoisotopic (exact) mass is 272 g/mol. The molecule has 0 saturated carbocycles. The molecule has 0 aliphatic carbocycles. The molecule has 1 heterocycles. The Morgan fingerprint density at radius 1 is 1.10 bits per heavy atom. The quantitative estimate of drug-likeness (QED) is 0.824. The van der Waals surface area contributed by atoms with Crippen molar-refractivity contribution in [1.82, 2.24) is 4.98 Å². The molecule has 0 fully saturated rings. The number of nitrogens with two attached hydrogens (primary N) is 1. The third-order valence-corrected chi connectivity index (χ3v) is 3.89. The summed E-state index contributed by atoms with van der Waals surface area (Å²) in [6.45, 7) is 8.31. The summed E-state index contributed by atoms with van der Waals surface area (Å²) in [5.41, 5.74) is 13.0. The number of aryl methyl sites for hydroxylation is 2. The molecule has 0 radical (unpaired) electrons. The number of carbonyl (C=O) groups is 1. The standard InChI is InChI=1S/C16H20N2O2/c1-8-6-9(2)11(4)14(10(8)3)13-7-12(15(17)18-13)16(19)20-5/h6-7,18H,17H2,1-5H3. The second kappa shape index (κ2) is 5.04. The topological polar surface area (TPSA) is 68.1 Å². The number of carbonyl (C=O) groups excluding carboxylic acids is 1. The zero-order valence-electron chi connectivity index (χ0n) is 12.5. The zero-order chi connectivity index (χ0) is 15.0. The SMILES string of the molecule is COC(=O)c1cc(-c2c(C)c(C)cc(C)c2C)[nH]c1N. The molecule has 4 heteroatoms. The van der Waals surface area contributed by atoms with E-state index in [0.717, 1.165) is 11.3 Å². The summed E-state index contributed by atoms with van der Waals surface area (Å²) in [4.78, 5) is 14.7. The maximum atomic E-state index is 11.7. The number of nitrogen functional groups attached to an aromatic ring is 1. The van der Waals surface area contributed by atoms with E-state index < -0.39 is 5.97 Å². The highest BCUT2D eigenvalue weighted by atomic mass is 16.5. The first kappa shape index (κ1) is 14.2. The second-order valence-corrected chi connectivity index (χ2v) is 5.14. The van der Waals surface area contributed by atoms with Crippen LogP contribution in [-0.4, -0.2) is 18.1 Å². The molecule has 0 atom stereocenters. The summed E-state index contributed by atoms with van der Waals surface area (Å²) in [7, 11) is 1.35. The smallest absolute Gasteiger partial charge is 0.341 e. The van der Waals surface area contributed by atoms with Crippen molar-refractivity contribution in [1.29, 1.82) is 0 Å². The molecule has 0 aliphatic heterocycles. The van der Waals surface area contributed by atoms with Crippen molar-refractivity contribution < 1.29 is 9.53 Å². The van der Waals surface area contributed by atoms with E-state index in [1.807, 2.05) is 0 Å². The third kappa shape index (κ3) is 2.18. The molecular formula is C16H20N2O2. The van der Waals surface area contributed by atoms with Crippen molar-refractivity contribution in [2.45, 2.75) is 27.7 Å². The number of hydrogen-bond donors (Lipinski definition) is 2. The lowest BCUT2D eigenvalue weighted by Gasteiger charge is -2.14. The Morgan fingerprint density at radius 2 is 1.65 bits per heavy atom. The highest BCUT2D eigenvalue weighted by molar-refractivity contribution is 5.96. The number of benzene rings is 1. The van der Waals surface area contributed by atoms with Gasteiger partial charge in [0.05, 0.1) is 7.11 Å². The zero-order valence-corrected chi connectivity index (χ0v) is 12.5.